The van der Waals surface area contributed by atoms with Crippen molar-refractivity contribution in [1.29, 1.82) is 0 Å². The number of esters is 1. The van der Waals surface area contributed by atoms with E-state index in [0.717, 1.165) is 16.9 Å². The third-order valence-electron chi connectivity index (χ3n) is 3.27. The van der Waals surface area contributed by atoms with Crippen molar-refractivity contribution < 1.29 is 14.3 Å². The minimum atomic E-state index is -0.576. The SMILES string of the molecule is B#Cc1ccc(-c2cbcc(OCC)c2)cc1C(=O)OC(C)(C)C. The van der Waals surface area contributed by atoms with Gasteiger partial charge >= 0.3 is 144 Å². The fourth-order valence-electron chi connectivity index (χ4n) is 2.28. The molecular weight excluding hydrogens is 298 g/mol. The Morgan fingerprint density at radius 2 is 1.96 bits per heavy atom. The summed E-state index contributed by atoms with van der Waals surface area (Å²) in [5, 5.41) is 0. The van der Waals surface area contributed by atoms with Crippen molar-refractivity contribution in [2.45, 2.75) is 33.3 Å². The van der Waals surface area contributed by atoms with Gasteiger partial charge in [-0.25, -0.2) is 0 Å². The topological polar surface area (TPSA) is 35.5 Å². The standard InChI is InChI=1S/C19H20B2O3/c1-5-23-16-8-15(11-21-12-16)13-6-7-14(10-20)17(9-13)18(22)24-19(2,3)4/h6-9,11-12H,5H2,1-4H3. The van der Waals surface area contributed by atoms with Gasteiger partial charge in [0.05, 0.1) is 0 Å². The van der Waals surface area contributed by atoms with Crippen LogP contribution < -0.4 is 4.74 Å². The monoisotopic (exact) mass is 318 g/mol. The molecule has 120 valence electrons. The zero-order valence-corrected chi connectivity index (χ0v) is 14.6. The molecule has 0 atom stereocenters. The maximum absolute atomic E-state index is 12.5. The third kappa shape index (κ3) is 4.62. The van der Waals surface area contributed by atoms with Crippen LogP contribution in [0.1, 0.15) is 43.6 Å². The van der Waals surface area contributed by atoms with E-state index in [1.54, 1.807) is 12.1 Å². The molecule has 3 nitrogen and oxygen atoms in total. The van der Waals surface area contributed by atoms with Crippen LogP contribution in [-0.2, 0) is 4.74 Å². The molecule has 0 saturated heterocycles. The van der Waals surface area contributed by atoms with Gasteiger partial charge in [0, 0.05) is 0 Å². The van der Waals surface area contributed by atoms with E-state index in [4.69, 9.17) is 16.8 Å². The molecule has 0 bridgehead atoms. The Hall–Kier alpha value is -2.25. The molecule has 0 unspecified atom stereocenters. The first-order valence-corrected chi connectivity index (χ1v) is 7.91. The molecule has 2 aromatic rings. The van der Waals surface area contributed by atoms with Crippen LogP contribution in [0.25, 0.3) is 11.1 Å². The van der Waals surface area contributed by atoms with Gasteiger partial charge in [-0.2, -0.15) is 0 Å². The van der Waals surface area contributed by atoms with Gasteiger partial charge in [0.15, 0.2) is 0 Å². The molecule has 0 N–H and O–H groups in total. The molecule has 24 heavy (non-hydrogen) atoms. The molecule has 0 aliphatic carbocycles. The average molecular weight is 318 g/mol. The zero-order chi connectivity index (χ0) is 17.7. The molecule has 0 spiro atoms. The summed E-state index contributed by atoms with van der Waals surface area (Å²) < 4.78 is 11.0. The number of carbonyl (C=O) groups excluding carboxylic acids is 1. The van der Waals surface area contributed by atoms with E-state index in [9.17, 15) is 4.79 Å². The van der Waals surface area contributed by atoms with Crippen LogP contribution in [-0.4, -0.2) is 32.4 Å². The second-order valence-electron chi connectivity index (χ2n) is 6.37. The fourth-order valence-corrected chi connectivity index (χ4v) is 2.28. The number of ether oxygens (including phenoxy) is 2. The Morgan fingerprint density at radius 3 is 2.58 bits per heavy atom. The van der Waals surface area contributed by atoms with Gasteiger partial charge in [-0.15, -0.1) is 0 Å². The normalized spacial score (nSPS) is 10.8. The van der Waals surface area contributed by atoms with Crippen LogP contribution in [0.2, 0.25) is 0 Å². The van der Waals surface area contributed by atoms with Crippen LogP contribution in [0.15, 0.2) is 36.2 Å². The van der Waals surface area contributed by atoms with Gasteiger partial charge in [-0.1, -0.05) is 0 Å². The molecule has 0 amide bonds. The molecule has 5 heteroatoms. The molecular formula is C19H20B2O3. The van der Waals surface area contributed by atoms with E-state index in [1.165, 1.54) is 0 Å². The van der Waals surface area contributed by atoms with E-state index in [0.29, 0.717) is 17.7 Å². The summed E-state index contributed by atoms with van der Waals surface area (Å²) in [5.41, 5.74) is 2.18. The summed E-state index contributed by atoms with van der Waals surface area (Å²) in [5.74, 6) is 6.78. The summed E-state index contributed by atoms with van der Waals surface area (Å²) in [6, 6.07) is 7.37. The van der Waals surface area contributed by atoms with Crippen LogP contribution in [0, 0.1) is 5.80 Å². The maximum atomic E-state index is 12.5. The van der Waals surface area contributed by atoms with E-state index in [2.05, 4.69) is 5.80 Å². The van der Waals surface area contributed by atoms with E-state index in [1.807, 2.05) is 58.7 Å². The first-order chi connectivity index (χ1) is 11.3. The Morgan fingerprint density at radius 1 is 1.21 bits per heavy atom. The third-order valence-corrected chi connectivity index (χ3v) is 3.27. The van der Waals surface area contributed by atoms with E-state index < -0.39 is 11.6 Å². The number of hydrogen-bond donors (Lipinski definition) is 0. The zero-order valence-electron chi connectivity index (χ0n) is 14.6. The first kappa shape index (κ1) is 18.1. The van der Waals surface area contributed by atoms with E-state index in [-0.39, 0.29) is 0 Å². The van der Waals surface area contributed by atoms with E-state index >= 15 is 0 Å². The van der Waals surface area contributed by atoms with Gasteiger partial charge in [0.1, 0.15) is 0 Å². The van der Waals surface area contributed by atoms with Crippen LogP contribution in [0.3, 0.4) is 0 Å². The number of carbonyl (C=O) groups is 1. The second-order valence-corrected chi connectivity index (χ2v) is 6.37. The molecule has 0 radical (unpaired) electrons. The summed E-state index contributed by atoms with van der Waals surface area (Å²) in [4.78, 5) is 12.5. The summed E-state index contributed by atoms with van der Waals surface area (Å²) >= 11 is 0. The van der Waals surface area contributed by atoms with Gasteiger partial charge in [0.25, 0.3) is 0 Å². The van der Waals surface area contributed by atoms with Gasteiger partial charge in [-0.05, 0) is 0 Å². The number of hydrogen-bond acceptors (Lipinski definition) is 3. The molecule has 0 aliphatic heterocycles. The Bertz CT molecular complexity index is 786. The Kier molecular flexibility index (Phi) is 5.69. The number of benzene rings is 1. The van der Waals surface area contributed by atoms with Gasteiger partial charge < -0.3 is 0 Å². The summed E-state index contributed by atoms with van der Waals surface area (Å²) in [7, 11) is 5.53. The van der Waals surface area contributed by atoms with Crippen LogP contribution in [0.5, 0.6) is 5.75 Å². The first-order valence-electron chi connectivity index (χ1n) is 7.91. The second kappa shape index (κ2) is 7.55. The molecule has 1 aromatic carbocycles. The average Bonchev–Trinajstić information content (AvgIpc) is 2.53. The van der Waals surface area contributed by atoms with Gasteiger partial charge in [0.2, 0.25) is 0 Å². The van der Waals surface area contributed by atoms with Crippen LogP contribution in [0.4, 0.5) is 0 Å². The van der Waals surface area contributed by atoms with Crippen molar-refractivity contribution in [2.24, 2.45) is 0 Å². The van der Waals surface area contributed by atoms with Crippen molar-refractivity contribution in [2.75, 3.05) is 6.61 Å². The molecule has 1 aromatic heterocycles. The summed E-state index contributed by atoms with van der Waals surface area (Å²) in [6.07, 6.45) is 0. The fraction of sp³-hybridized carbons (Fsp3) is 0.316. The van der Waals surface area contributed by atoms with Crippen molar-refractivity contribution in [3.63, 3.8) is 0 Å². The van der Waals surface area contributed by atoms with Crippen molar-refractivity contribution in [3.8, 4) is 22.7 Å². The molecule has 0 aliphatic rings. The molecule has 2 rings (SSSR count). The minimum absolute atomic E-state index is 0.395. The van der Waals surface area contributed by atoms with Gasteiger partial charge in [-0.3, -0.25) is 0 Å². The summed E-state index contributed by atoms with van der Waals surface area (Å²) in [6.45, 7) is 9.95. The Labute approximate surface area is 145 Å². The molecule has 0 fully saturated rings. The quantitative estimate of drug-likeness (QED) is 0.639. The predicted octanol–water partition coefficient (Wildman–Crippen LogP) is 3.52. The Balaban J connectivity index is 2.44. The number of rotatable bonds is 4. The van der Waals surface area contributed by atoms with Crippen molar-refractivity contribution in [1.82, 2.24) is 0 Å². The van der Waals surface area contributed by atoms with Crippen LogP contribution >= 0.6 is 0 Å². The predicted molar refractivity (Wildman–Crippen MR) is 98.3 cm³/mol. The van der Waals surface area contributed by atoms with Crippen molar-refractivity contribution in [3.05, 3.63) is 47.3 Å². The molecule has 0 saturated carbocycles. The van der Waals surface area contributed by atoms with Crippen molar-refractivity contribution >= 4 is 20.2 Å². The molecule has 1 heterocycles.